The molecule has 3 fully saturated rings. The summed E-state index contributed by atoms with van der Waals surface area (Å²) in [5.41, 5.74) is 5.39. The van der Waals surface area contributed by atoms with Crippen molar-refractivity contribution in [2.75, 3.05) is 19.6 Å². The third kappa shape index (κ3) is 1.90. The number of nitrogens with one attached hydrogen (secondary N) is 1. The number of rotatable bonds is 2. The van der Waals surface area contributed by atoms with Crippen LogP contribution in [0.25, 0.3) is 0 Å². The van der Waals surface area contributed by atoms with Gasteiger partial charge in [0.05, 0.1) is 0 Å². The summed E-state index contributed by atoms with van der Waals surface area (Å²) in [4.78, 5) is 25.7. The molecule has 100 valence electrons. The minimum absolute atomic E-state index is 0.178. The number of nitrogens with zero attached hydrogens (tertiary/aromatic N) is 1. The van der Waals surface area contributed by atoms with E-state index in [4.69, 9.17) is 5.73 Å². The highest BCUT2D eigenvalue weighted by Crippen LogP contribution is 2.56. The van der Waals surface area contributed by atoms with Crippen molar-refractivity contribution in [1.82, 2.24) is 10.2 Å². The molecule has 3 aliphatic rings. The molecule has 1 heterocycles. The average molecular weight is 251 g/mol. The van der Waals surface area contributed by atoms with Crippen LogP contribution >= 0.6 is 0 Å². The van der Waals surface area contributed by atoms with Gasteiger partial charge in [-0.3, -0.25) is 9.59 Å². The lowest BCUT2D eigenvalue weighted by molar-refractivity contribution is -0.141. The summed E-state index contributed by atoms with van der Waals surface area (Å²) in [5.74, 6) is 1.16. The Morgan fingerprint density at radius 3 is 2.44 bits per heavy atom. The van der Waals surface area contributed by atoms with Gasteiger partial charge >= 0.3 is 0 Å². The number of primary amides is 1. The summed E-state index contributed by atoms with van der Waals surface area (Å²) in [7, 11) is 0. The van der Waals surface area contributed by atoms with E-state index in [1.165, 1.54) is 25.7 Å². The molecule has 5 nitrogen and oxygen atoms in total. The van der Waals surface area contributed by atoms with Crippen LogP contribution in [0.1, 0.15) is 25.7 Å². The fraction of sp³-hybridized carbons (Fsp3) is 0.846. The van der Waals surface area contributed by atoms with E-state index >= 15 is 0 Å². The number of carbonyl (C=O) groups is 2. The molecule has 3 atom stereocenters. The number of nitrogens with two attached hydrogens (primary N) is 1. The van der Waals surface area contributed by atoms with Crippen LogP contribution in [0.2, 0.25) is 0 Å². The van der Waals surface area contributed by atoms with Crippen LogP contribution in [0.3, 0.4) is 0 Å². The van der Waals surface area contributed by atoms with Gasteiger partial charge < -0.3 is 16.0 Å². The zero-order chi connectivity index (χ0) is 12.7. The highest BCUT2D eigenvalue weighted by molar-refractivity contribution is 5.89. The van der Waals surface area contributed by atoms with Crippen LogP contribution < -0.4 is 11.1 Å². The van der Waals surface area contributed by atoms with Crippen molar-refractivity contribution in [2.24, 2.45) is 23.5 Å². The lowest BCUT2D eigenvalue weighted by Crippen LogP contribution is -2.59. The van der Waals surface area contributed by atoms with E-state index in [1.807, 2.05) is 0 Å². The number of hydrogen-bond donors (Lipinski definition) is 2. The van der Waals surface area contributed by atoms with Gasteiger partial charge in [0.15, 0.2) is 0 Å². The minimum Gasteiger partial charge on any atom is -0.368 e. The van der Waals surface area contributed by atoms with Gasteiger partial charge in [0.25, 0.3) is 0 Å². The maximum Gasteiger partial charge on any atom is 0.241 e. The molecule has 2 amide bonds. The second-order valence-corrected chi connectivity index (χ2v) is 5.79. The van der Waals surface area contributed by atoms with Crippen LogP contribution in [-0.2, 0) is 9.59 Å². The van der Waals surface area contributed by atoms with Crippen LogP contribution in [0.15, 0.2) is 0 Å². The molecule has 2 saturated carbocycles. The predicted octanol–water partition coefficient (Wildman–Crippen LogP) is -0.292. The summed E-state index contributed by atoms with van der Waals surface area (Å²) in [6.45, 7) is 1.88. The molecule has 1 saturated heterocycles. The van der Waals surface area contributed by atoms with Crippen molar-refractivity contribution in [3.63, 3.8) is 0 Å². The largest absolute Gasteiger partial charge is 0.368 e. The van der Waals surface area contributed by atoms with Crippen LogP contribution in [0.5, 0.6) is 0 Å². The Labute approximate surface area is 107 Å². The van der Waals surface area contributed by atoms with Crippen molar-refractivity contribution in [3.05, 3.63) is 0 Å². The second kappa shape index (κ2) is 4.53. The van der Waals surface area contributed by atoms with Gasteiger partial charge in [-0.05, 0) is 24.7 Å². The van der Waals surface area contributed by atoms with Gasteiger partial charge in [0.1, 0.15) is 6.04 Å². The van der Waals surface area contributed by atoms with Gasteiger partial charge in [-0.2, -0.15) is 0 Å². The molecule has 0 aromatic rings. The smallest absolute Gasteiger partial charge is 0.241 e. The zero-order valence-corrected chi connectivity index (χ0v) is 10.6. The molecule has 0 aromatic heterocycles. The first-order chi connectivity index (χ1) is 8.70. The summed E-state index contributed by atoms with van der Waals surface area (Å²) >= 11 is 0. The van der Waals surface area contributed by atoms with Gasteiger partial charge in [0, 0.05) is 25.6 Å². The van der Waals surface area contributed by atoms with E-state index in [0.29, 0.717) is 24.9 Å². The summed E-state index contributed by atoms with van der Waals surface area (Å²) in [6.07, 6.45) is 4.89. The summed E-state index contributed by atoms with van der Waals surface area (Å²) in [6, 6.07) is -0.450. The molecular formula is C13H21N3O2. The molecule has 3 rings (SSSR count). The highest BCUT2D eigenvalue weighted by Gasteiger charge is 2.56. The fourth-order valence-corrected chi connectivity index (χ4v) is 3.77. The molecule has 2 aliphatic carbocycles. The van der Waals surface area contributed by atoms with Gasteiger partial charge in [-0.25, -0.2) is 0 Å². The zero-order valence-electron chi connectivity index (χ0n) is 10.6. The van der Waals surface area contributed by atoms with Gasteiger partial charge in [-0.1, -0.05) is 12.8 Å². The van der Waals surface area contributed by atoms with E-state index < -0.39 is 6.04 Å². The topological polar surface area (TPSA) is 75.4 Å². The monoisotopic (exact) mass is 251 g/mol. The molecular weight excluding hydrogens is 230 g/mol. The minimum atomic E-state index is -0.450. The SMILES string of the molecule is NC(=O)C1CNCCN1C(=O)C1C2CCCCC21. The number of amides is 2. The van der Waals surface area contributed by atoms with Gasteiger partial charge in [-0.15, -0.1) is 0 Å². The summed E-state index contributed by atoms with van der Waals surface area (Å²) < 4.78 is 0. The molecule has 3 unspecified atom stereocenters. The number of piperazine rings is 1. The Morgan fingerprint density at radius 2 is 1.83 bits per heavy atom. The molecule has 1 aliphatic heterocycles. The molecule has 18 heavy (non-hydrogen) atoms. The van der Waals surface area contributed by atoms with Crippen molar-refractivity contribution >= 4 is 11.8 Å². The van der Waals surface area contributed by atoms with E-state index in [-0.39, 0.29) is 17.7 Å². The number of carbonyl (C=O) groups excluding carboxylic acids is 2. The van der Waals surface area contributed by atoms with Gasteiger partial charge in [0.2, 0.25) is 11.8 Å². The Morgan fingerprint density at radius 1 is 1.17 bits per heavy atom. The first kappa shape index (κ1) is 12.0. The number of fused-ring (bicyclic) bond motifs is 1. The molecule has 0 bridgehead atoms. The molecule has 3 N–H and O–H groups in total. The van der Waals surface area contributed by atoms with Crippen molar-refractivity contribution in [3.8, 4) is 0 Å². The maximum absolute atomic E-state index is 12.5. The van der Waals surface area contributed by atoms with Crippen LogP contribution in [-0.4, -0.2) is 42.4 Å². The van der Waals surface area contributed by atoms with Crippen molar-refractivity contribution in [2.45, 2.75) is 31.7 Å². The second-order valence-electron chi connectivity index (χ2n) is 5.79. The maximum atomic E-state index is 12.5. The normalized spacial score (nSPS) is 39.0. The average Bonchev–Trinajstić information content (AvgIpc) is 3.12. The molecule has 0 aromatic carbocycles. The molecule has 5 heteroatoms. The predicted molar refractivity (Wildman–Crippen MR) is 66.5 cm³/mol. The number of hydrogen-bond acceptors (Lipinski definition) is 3. The fourth-order valence-electron chi connectivity index (χ4n) is 3.77. The Kier molecular flexibility index (Phi) is 3.01. The summed E-state index contributed by atoms with van der Waals surface area (Å²) in [5, 5.41) is 3.13. The van der Waals surface area contributed by atoms with E-state index in [0.717, 1.165) is 6.54 Å². The van der Waals surface area contributed by atoms with Crippen LogP contribution in [0.4, 0.5) is 0 Å². The van der Waals surface area contributed by atoms with Crippen molar-refractivity contribution in [1.29, 1.82) is 0 Å². The first-order valence-corrected chi connectivity index (χ1v) is 7.00. The quantitative estimate of drug-likeness (QED) is 0.708. The Bertz CT molecular complexity index is 359. The Balaban J connectivity index is 1.69. The van der Waals surface area contributed by atoms with E-state index in [9.17, 15) is 9.59 Å². The Hall–Kier alpha value is -1.10. The molecule has 0 radical (unpaired) electrons. The third-order valence-electron chi connectivity index (χ3n) is 4.80. The first-order valence-electron chi connectivity index (χ1n) is 7.00. The lowest BCUT2D eigenvalue weighted by atomic mass is 10.0. The standard InChI is InChI=1S/C13H21N3O2/c14-12(17)10-7-15-5-6-16(10)13(18)11-8-3-1-2-4-9(8)11/h8-11,15H,1-7H2,(H2,14,17). The highest BCUT2D eigenvalue weighted by atomic mass is 16.2. The lowest BCUT2D eigenvalue weighted by Gasteiger charge is -2.34. The van der Waals surface area contributed by atoms with Crippen LogP contribution in [0, 0.1) is 17.8 Å². The third-order valence-corrected chi connectivity index (χ3v) is 4.80. The molecule has 0 spiro atoms. The van der Waals surface area contributed by atoms with E-state index in [2.05, 4.69) is 5.32 Å². The van der Waals surface area contributed by atoms with Crippen molar-refractivity contribution < 1.29 is 9.59 Å². The van der Waals surface area contributed by atoms with E-state index in [1.54, 1.807) is 4.90 Å².